The number of aryl methyl sites for hydroxylation is 1. The van der Waals surface area contributed by atoms with Gasteiger partial charge in [-0.05, 0) is 57.5 Å². The van der Waals surface area contributed by atoms with E-state index in [1.54, 1.807) is 27.7 Å². The summed E-state index contributed by atoms with van der Waals surface area (Å²) in [4.78, 5) is 12.5. The van der Waals surface area contributed by atoms with Crippen LogP contribution in [0.25, 0.3) is 0 Å². The van der Waals surface area contributed by atoms with Crippen molar-refractivity contribution in [2.24, 2.45) is 0 Å². The van der Waals surface area contributed by atoms with Crippen molar-refractivity contribution in [3.8, 4) is 0 Å². The summed E-state index contributed by atoms with van der Waals surface area (Å²) in [6.07, 6.45) is 0. The van der Waals surface area contributed by atoms with Gasteiger partial charge in [-0.15, -0.1) is 0 Å². The number of nitrogens with one attached hydrogen (secondary N) is 2. The van der Waals surface area contributed by atoms with E-state index < -0.39 is 27.3 Å². The minimum atomic E-state index is -3.80. The summed E-state index contributed by atoms with van der Waals surface area (Å²) >= 11 is 5.71. The van der Waals surface area contributed by atoms with E-state index in [0.717, 1.165) is 0 Å². The molecular formula is C18H20ClFN2O3S. The monoisotopic (exact) mass is 398 g/mol. The first-order valence-electron chi connectivity index (χ1n) is 7.81. The molecular weight excluding hydrogens is 379 g/mol. The normalized spacial score (nSPS) is 12.1. The highest BCUT2D eigenvalue weighted by molar-refractivity contribution is 7.89. The van der Waals surface area contributed by atoms with Gasteiger partial charge in [0, 0.05) is 11.1 Å². The van der Waals surface area contributed by atoms with Gasteiger partial charge in [-0.3, -0.25) is 4.79 Å². The van der Waals surface area contributed by atoms with Crippen LogP contribution in [0, 0.1) is 12.7 Å². The van der Waals surface area contributed by atoms with E-state index in [2.05, 4.69) is 10.0 Å². The Kier molecular flexibility index (Phi) is 5.75. The van der Waals surface area contributed by atoms with E-state index in [1.165, 1.54) is 36.4 Å². The minimum absolute atomic E-state index is 0.0465. The fraction of sp³-hybridized carbons (Fsp3) is 0.278. The molecule has 0 aliphatic rings. The quantitative estimate of drug-likeness (QED) is 0.813. The van der Waals surface area contributed by atoms with Crippen molar-refractivity contribution in [2.45, 2.75) is 38.1 Å². The summed E-state index contributed by atoms with van der Waals surface area (Å²) in [7, 11) is -3.80. The van der Waals surface area contributed by atoms with E-state index in [4.69, 9.17) is 11.6 Å². The molecule has 0 unspecified atom stereocenters. The Morgan fingerprint density at radius 3 is 2.42 bits per heavy atom. The molecule has 0 bridgehead atoms. The lowest BCUT2D eigenvalue weighted by Gasteiger charge is -2.20. The molecule has 2 N–H and O–H groups in total. The number of anilines is 1. The molecule has 2 aromatic carbocycles. The average molecular weight is 399 g/mol. The summed E-state index contributed by atoms with van der Waals surface area (Å²) in [5, 5.41) is 2.30. The number of hydrogen-bond donors (Lipinski definition) is 2. The van der Waals surface area contributed by atoms with E-state index >= 15 is 0 Å². The van der Waals surface area contributed by atoms with Crippen molar-refractivity contribution in [3.05, 3.63) is 58.4 Å². The molecule has 0 fully saturated rings. The number of amides is 1. The predicted octanol–water partition coefficient (Wildman–Crippen LogP) is 4.12. The molecule has 1 amide bonds. The number of carbonyl (C=O) groups is 1. The molecule has 0 radical (unpaired) electrons. The molecule has 2 rings (SSSR count). The van der Waals surface area contributed by atoms with Crippen molar-refractivity contribution in [1.29, 1.82) is 0 Å². The van der Waals surface area contributed by atoms with Crippen LogP contribution in [0.1, 0.15) is 36.7 Å². The topological polar surface area (TPSA) is 75.3 Å². The first kappa shape index (κ1) is 20.4. The lowest BCUT2D eigenvalue weighted by atomic mass is 10.1. The largest absolute Gasteiger partial charge is 0.319 e. The fourth-order valence-electron chi connectivity index (χ4n) is 2.26. The molecule has 8 heteroatoms. The van der Waals surface area contributed by atoms with Crippen LogP contribution in [0.15, 0.2) is 41.3 Å². The Balaban J connectivity index is 2.38. The third-order valence-electron chi connectivity index (χ3n) is 3.40. The first-order chi connectivity index (χ1) is 11.9. The second-order valence-electron chi connectivity index (χ2n) is 6.89. The third kappa shape index (κ3) is 4.81. The summed E-state index contributed by atoms with van der Waals surface area (Å²) in [6.45, 7) is 6.81. The third-order valence-corrected chi connectivity index (χ3v) is 5.45. The second-order valence-corrected chi connectivity index (χ2v) is 8.98. The number of rotatable bonds is 4. The summed E-state index contributed by atoms with van der Waals surface area (Å²) in [5.41, 5.74) is -0.0699. The van der Waals surface area contributed by atoms with E-state index in [-0.39, 0.29) is 21.2 Å². The molecule has 26 heavy (non-hydrogen) atoms. The summed E-state index contributed by atoms with van der Waals surface area (Å²) in [6, 6.07) is 8.45. The van der Waals surface area contributed by atoms with Crippen LogP contribution in [0.4, 0.5) is 10.1 Å². The van der Waals surface area contributed by atoms with Crippen molar-refractivity contribution in [1.82, 2.24) is 4.72 Å². The van der Waals surface area contributed by atoms with Crippen LogP contribution in [0.5, 0.6) is 0 Å². The lowest BCUT2D eigenvalue weighted by Crippen LogP contribution is -2.40. The zero-order chi connectivity index (χ0) is 19.7. The van der Waals surface area contributed by atoms with Crippen LogP contribution in [-0.4, -0.2) is 19.9 Å². The number of sulfonamides is 1. The standard InChI is InChI=1S/C18H20ClFN2O3S/c1-11-8-9-12(26(24,25)22-18(2,3)4)10-13(11)17(23)21-15-7-5-6-14(19)16(15)20/h5-10,22H,1-4H3,(H,21,23). The van der Waals surface area contributed by atoms with Crippen LogP contribution in [0.3, 0.4) is 0 Å². The lowest BCUT2D eigenvalue weighted by molar-refractivity contribution is 0.102. The van der Waals surface area contributed by atoms with Gasteiger partial charge >= 0.3 is 0 Å². The molecule has 0 atom stereocenters. The Hall–Kier alpha value is -1.96. The molecule has 0 spiro atoms. The summed E-state index contributed by atoms with van der Waals surface area (Å²) < 4.78 is 41.4. The Morgan fingerprint density at radius 2 is 1.81 bits per heavy atom. The van der Waals surface area contributed by atoms with Gasteiger partial charge in [-0.2, -0.15) is 0 Å². The highest BCUT2D eigenvalue weighted by Gasteiger charge is 2.24. The van der Waals surface area contributed by atoms with Gasteiger partial charge in [0.25, 0.3) is 5.91 Å². The average Bonchev–Trinajstić information content (AvgIpc) is 2.49. The second kappa shape index (κ2) is 7.34. The van der Waals surface area contributed by atoms with Gasteiger partial charge in [0.05, 0.1) is 15.6 Å². The molecule has 0 saturated heterocycles. The maximum absolute atomic E-state index is 14.0. The zero-order valence-corrected chi connectivity index (χ0v) is 16.4. The van der Waals surface area contributed by atoms with Gasteiger partial charge in [0.15, 0.2) is 5.82 Å². The van der Waals surface area contributed by atoms with Crippen LogP contribution in [-0.2, 0) is 10.0 Å². The van der Waals surface area contributed by atoms with Crippen LogP contribution < -0.4 is 10.0 Å². The maximum atomic E-state index is 14.0. The predicted molar refractivity (Wildman–Crippen MR) is 101 cm³/mol. The highest BCUT2D eigenvalue weighted by atomic mass is 35.5. The van der Waals surface area contributed by atoms with Gasteiger partial charge < -0.3 is 5.32 Å². The molecule has 0 heterocycles. The Labute approximate surface area is 157 Å². The first-order valence-corrected chi connectivity index (χ1v) is 9.67. The van der Waals surface area contributed by atoms with Crippen molar-refractivity contribution in [2.75, 3.05) is 5.32 Å². The van der Waals surface area contributed by atoms with E-state index in [0.29, 0.717) is 5.56 Å². The van der Waals surface area contributed by atoms with Gasteiger partial charge in [-0.25, -0.2) is 17.5 Å². The zero-order valence-electron chi connectivity index (χ0n) is 14.9. The smallest absolute Gasteiger partial charge is 0.256 e. The Morgan fingerprint density at radius 1 is 1.15 bits per heavy atom. The van der Waals surface area contributed by atoms with E-state index in [9.17, 15) is 17.6 Å². The number of hydrogen-bond acceptors (Lipinski definition) is 3. The van der Waals surface area contributed by atoms with Gasteiger partial charge in [0.1, 0.15) is 0 Å². The number of halogens is 2. The highest BCUT2D eigenvalue weighted by Crippen LogP contribution is 2.24. The summed E-state index contributed by atoms with van der Waals surface area (Å²) in [5.74, 6) is -1.38. The van der Waals surface area contributed by atoms with Crippen LogP contribution >= 0.6 is 11.6 Å². The fourth-order valence-corrected chi connectivity index (χ4v) is 3.88. The van der Waals surface area contributed by atoms with E-state index in [1.807, 2.05) is 0 Å². The van der Waals surface area contributed by atoms with Gasteiger partial charge in [-0.1, -0.05) is 23.7 Å². The molecule has 5 nitrogen and oxygen atoms in total. The number of carbonyl (C=O) groups excluding carboxylic acids is 1. The van der Waals surface area contributed by atoms with Crippen molar-refractivity contribution >= 4 is 33.2 Å². The molecule has 0 saturated carbocycles. The number of benzene rings is 2. The molecule has 2 aromatic rings. The molecule has 0 aromatic heterocycles. The van der Waals surface area contributed by atoms with Crippen molar-refractivity contribution in [3.63, 3.8) is 0 Å². The molecule has 140 valence electrons. The van der Waals surface area contributed by atoms with Crippen LogP contribution in [0.2, 0.25) is 5.02 Å². The minimum Gasteiger partial charge on any atom is -0.319 e. The van der Waals surface area contributed by atoms with Crippen molar-refractivity contribution < 1.29 is 17.6 Å². The maximum Gasteiger partial charge on any atom is 0.256 e. The SMILES string of the molecule is Cc1ccc(S(=O)(=O)NC(C)(C)C)cc1C(=O)Nc1cccc(Cl)c1F. The molecule has 0 aliphatic carbocycles. The Bertz CT molecular complexity index is 953. The molecule has 0 aliphatic heterocycles. The van der Waals surface area contributed by atoms with Gasteiger partial charge in [0.2, 0.25) is 10.0 Å².